The Balaban J connectivity index is 0.00000361. The molecule has 0 radical (unpaired) electrons. The Kier molecular flexibility index (Phi) is 9.91. The number of ether oxygens (including phenoxy) is 1. The zero-order valence-corrected chi connectivity index (χ0v) is 15.1. The van der Waals surface area contributed by atoms with Crippen molar-refractivity contribution in [3.05, 3.63) is 0 Å². The van der Waals surface area contributed by atoms with E-state index in [4.69, 9.17) is 4.74 Å². The number of rotatable bonds is 5. The van der Waals surface area contributed by atoms with Crippen LogP contribution in [-0.2, 0) is 9.53 Å². The molecule has 0 aliphatic carbocycles. The first-order valence-electron chi connectivity index (χ1n) is 6.85. The summed E-state index contributed by atoms with van der Waals surface area (Å²) in [5.41, 5.74) is 0. The summed E-state index contributed by atoms with van der Waals surface area (Å²) in [6, 6.07) is 0.269. The predicted molar refractivity (Wildman–Crippen MR) is 91.7 cm³/mol. The van der Waals surface area contributed by atoms with Crippen LogP contribution in [0.25, 0.3) is 0 Å². The minimum Gasteiger partial charge on any atom is -0.376 e. The summed E-state index contributed by atoms with van der Waals surface area (Å²) in [6.07, 6.45) is 2.46. The van der Waals surface area contributed by atoms with Gasteiger partial charge in [-0.3, -0.25) is 4.79 Å². The topological polar surface area (TPSA) is 66.0 Å². The molecule has 1 fully saturated rings. The maximum atomic E-state index is 11.5. The molecule has 1 amide bonds. The van der Waals surface area contributed by atoms with Gasteiger partial charge in [-0.25, -0.2) is 4.99 Å². The van der Waals surface area contributed by atoms with Gasteiger partial charge in [0.2, 0.25) is 5.91 Å². The highest BCUT2D eigenvalue weighted by molar-refractivity contribution is 14.0. The highest BCUT2D eigenvalue weighted by atomic mass is 127. The number of guanidine groups is 1. The second kappa shape index (κ2) is 10.2. The van der Waals surface area contributed by atoms with Crippen LogP contribution < -0.4 is 10.6 Å². The molecule has 0 saturated carbocycles. The molecule has 1 atom stereocenters. The molecular formula is C13H27IN4O2. The third-order valence-corrected chi connectivity index (χ3v) is 2.82. The maximum Gasteiger partial charge on any atom is 0.243 e. The van der Waals surface area contributed by atoms with Crippen LogP contribution in [-0.4, -0.2) is 62.7 Å². The quantitative estimate of drug-likeness (QED) is 0.409. The van der Waals surface area contributed by atoms with Gasteiger partial charge in [-0.15, -0.1) is 24.0 Å². The van der Waals surface area contributed by atoms with Crippen molar-refractivity contribution in [3.8, 4) is 0 Å². The summed E-state index contributed by atoms with van der Waals surface area (Å²) in [5.74, 6) is 0.655. The molecule has 0 aromatic carbocycles. The SMILES string of the molecule is CC(C)NC(=NCC(=O)N(C)C)NCC1CCCO1.I. The summed E-state index contributed by atoms with van der Waals surface area (Å²) in [6.45, 7) is 5.80. The van der Waals surface area contributed by atoms with E-state index in [0.717, 1.165) is 26.0 Å². The molecule has 1 aliphatic rings. The first kappa shape index (κ1) is 19.4. The standard InChI is InChI=1S/C13H26N4O2.HI/c1-10(2)16-13(15-9-12(18)17(3)4)14-8-11-6-5-7-19-11;/h10-11H,5-9H2,1-4H3,(H2,14,15,16);1H. The fourth-order valence-electron chi connectivity index (χ4n) is 1.73. The highest BCUT2D eigenvalue weighted by Gasteiger charge is 2.16. The van der Waals surface area contributed by atoms with Crippen molar-refractivity contribution >= 4 is 35.8 Å². The fraction of sp³-hybridized carbons (Fsp3) is 0.846. The lowest BCUT2D eigenvalue weighted by molar-refractivity contribution is -0.127. The maximum absolute atomic E-state index is 11.5. The molecule has 1 saturated heterocycles. The highest BCUT2D eigenvalue weighted by Crippen LogP contribution is 2.10. The zero-order valence-electron chi connectivity index (χ0n) is 12.8. The average molecular weight is 398 g/mol. The molecule has 20 heavy (non-hydrogen) atoms. The normalized spacial score (nSPS) is 18.6. The van der Waals surface area contributed by atoms with E-state index in [1.54, 1.807) is 14.1 Å². The fourth-order valence-corrected chi connectivity index (χ4v) is 1.73. The molecule has 1 aliphatic heterocycles. The van der Waals surface area contributed by atoms with Crippen LogP contribution >= 0.6 is 24.0 Å². The van der Waals surface area contributed by atoms with Gasteiger partial charge in [-0.1, -0.05) is 0 Å². The number of halogens is 1. The van der Waals surface area contributed by atoms with Crippen molar-refractivity contribution in [2.45, 2.75) is 38.8 Å². The summed E-state index contributed by atoms with van der Waals surface area (Å²) >= 11 is 0. The van der Waals surface area contributed by atoms with Gasteiger partial charge in [-0.05, 0) is 26.7 Å². The Labute approximate surface area is 138 Å². The number of hydrogen-bond donors (Lipinski definition) is 2. The van der Waals surface area contributed by atoms with E-state index in [1.165, 1.54) is 4.90 Å². The summed E-state index contributed by atoms with van der Waals surface area (Å²) in [7, 11) is 3.46. The summed E-state index contributed by atoms with van der Waals surface area (Å²) in [5, 5.41) is 6.44. The van der Waals surface area contributed by atoms with E-state index in [-0.39, 0.29) is 48.6 Å². The van der Waals surface area contributed by atoms with Crippen LogP contribution in [0.5, 0.6) is 0 Å². The number of hydrogen-bond acceptors (Lipinski definition) is 3. The molecule has 0 aromatic heterocycles. The van der Waals surface area contributed by atoms with Crippen LogP contribution in [0.15, 0.2) is 4.99 Å². The summed E-state index contributed by atoms with van der Waals surface area (Å²) in [4.78, 5) is 17.4. The van der Waals surface area contributed by atoms with Crippen molar-refractivity contribution < 1.29 is 9.53 Å². The van der Waals surface area contributed by atoms with Crippen LogP contribution in [0.1, 0.15) is 26.7 Å². The van der Waals surface area contributed by atoms with Crippen LogP contribution in [0.4, 0.5) is 0 Å². The van der Waals surface area contributed by atoms with E-state index in [9.17, 15) is 4.79 Å². The van der Waals surface area contributed by atoms with Crippen LogP contribution in [0.2, 0.25) is 0 Å². The van der Waals surface area contributed by atoms with Gasteiger partial charge in [0, 0.05) is 33.3 Å². The third-order valence-electron chi connectivity index (χ3n) is 2.82. The molecule has 0 aromatic rings. The molecule has 2 N–H and O–H groups in total. The first-order chi connectivity index (χ1) is 8.99. The van der Waals surface area contributed by atoms with Gasteiger partial charge in [0.15, 0.2) is 5.96 Å². The van der Waals surface area contributed by atoms with E-state index >= 15 is 0 Å². The number of amides is 1. The number of carbonyl (C=O) groups excluding carboxylic acids is 1. The zero-order chi connectivity index (χ0) is 14.3. The first-order valence-corrected chi connectivity index (χ1v) is 6.85. The van der Waals surface area contributed by atoms with Gasteiger partial charge in [0.05, 0.1) is 6.10 Å². The Morgan fingerprint density at radius 1 is 1.45 bits per heavy atom. The van der Waals surface area contributed by atoms with Gasteiger partial charge in [0.1, 0.15) is 6.54 Å². The number of aliphatic imine (C=N–C) groups is 1. The number of carbonyl (C=O) groups is 1. The molecule has 7 heteroatoms. The smallest absolute Gasteiger partial charge is 0.243 e. The number of nitrogens with one attached hydrogen (secondary N) is 2. The van der Waals surface area contributed by atoms with Crippen LogP contribution in [0, 0.1) is 0 Å². The Morgan fingerprint density at radius 3 is 2.65 bits per heavy atom. The second-order valence-corrected chi connectivity index (χ2v) is 5.27. The van der Waals surface area contributed by atoms with Crippen molar-refractivity contribution in [1.29, 1.82) is 0 Å². The van der Waals surface area contributed by atoms with Gasteiger partial charge >= 0.3 is 0 Å². The van der Waals surface area contributed by atoms with Crippen molar-refractivity contribution in [1.82, 2.24) is 15.5 Å². The van der Waals surface area contributed by atoms with Crippen LogP contribution in [0.3, 0.4) is 0 Å². The molecule has 0 bridgehead atoms. The molecule has 118 valence electrons. The molecule has 1 rings (SSSR count). The van der Waals surface area contributed by atoms with Crippen molar-refractivity contribution in [3.63, 3.8) is 0 Å². The third kappa shape index (κ3) is 7.88. The largest absolute Gasteiger partial charge is 0.376 e. The van der Waals surface area contributed by atoms with Gasteiger partial charge in [0.25, 0.3) is 0 Å². The van der Waals surface area contributed by atoms with E-state index in [0.29, 0.717) is 5.96 Å². The number of likely N-dealkylation sites (N-methyl/N-ethyl adjacent to an activating group) is 1. The van der Waals surface area contributed by atoms with Crippen molar-refractivity contribution in [2.75, 3.05) is 33.8 Å². The molecule has 1 heterocycles. The Morgan fingerprint density at radius 2 is 2.15 bits per heavy atom. The number of nitrogens with zero attached hydrogens (tertiary/aromatic N) is 2. The molecule has 0 spiro atoms. The Bertz CT molecular complexity index is 315. The van der Waals surface area contributed by atoms with E-state index in [1.807, 2.05) is 13.8 Å². The average Bonchev–Trinajstić information content (AvgIpc) is 2.84. The van der Waals surface area contributed by atoms with E-state index < -0.39 is 0 Å². The molecular weight excluding hydrogens is 371 g/mol. The minimum atomic E-state index is -0.0121. The molecule has 6 nitrogen and oxygen atoms in total. The summed E-state index contributed by atoms with van der Waals surface area (Å²) < 4.78 is 5.55. The van der Waals surface area contributed by atoms with Gasteiger partial charge < -0.3 is 20.3 Å². The predicted octanol–water partition coefficient (Wildman–Crippen LogP) is 0.815. The monoisotopic (exact) mass is 398 g/mol. The minimum absolute atomic E-state index is 0. The lowest BCUT2D eigenvalue weighted by atomic mass is 10.2. The molecule has 1 unspecified atom stereocenters. The van der Waals surface area contributed by atoms with Gasteiger partial charge in [-0.2, -0.15) is 0 Å². The lowest BCUT2D eigenvalue weighted by Gasteiger charge is -2.18. The second-order valence-electron chi connectivity index (χ2n) is 5.27. The Hall–Kier alpha value is -0.570. The van der Waals surface area contributed by atoms with Crippen molar-refractivity contribution in [2.24, 2.45) is 4.99 Å². The lowest BCUT2D eigenvalue weighted by Crippen LogP contribution is -2.44. The van der Waals surface area contributed by atoms with E-state index in [2.05, 4.69) is 15.6 Å².